The molecular formula is C11H8F3N5O2. The molecule has 1 N–H and O–H groups in total. The average molecular weight is 299 g/mol. The molecule has 0 saturated carbocycles. The molecule has 0 aliphatic heterocycles. The summed E-state index contributed by atoms with van der Waals surface area (Å²) in [6.07, 6.45) is 1.82. The smallest absolute Gasteiger partial charge is 0.314 e. The molecule has 0 aliphatic carbocycles. The van der Waals surface area contributed by atoms with Gasteiger partial charge in [-0.2, -0.15) is 9.37 Å². The molecule has 10 heteroatoms. The van der Waals surface area contributed by atoms with Crippen molar-refractivity contribution in [3.63, 3.8) is 0 Å². The molecule has 0 aromatic carbocycles. The Morgan fingerprint density at radius 1 is 1.29 bits per heavy atom. The molecule has 0 aliphatic rings. The van der Waals surface area contributed by atoms with Crippen molar-refractivity contribution in [3.05, 3.63) is 52.0 Å². The molecule has 2 aromatic rings. The number of nitrogens with one attached hydrogen (secondary N) is 1. The minimum absolute atomic E-state index is 0.109. The van der Waals surface area contributed by atoms with E-state index in [-0.39, 0.29) is 5.82 Å². The molecule has 7 nitrogen and oxygen atoms in total. The van der Waals surface area contributed by atoms with E-state index in [1.165, 1.54) is 6.92 Å². The molecule has 0 bridgehead atoms. The SMILES string of the molecule is C[C@H](Nc1nc(F)c(F)cc1[N+](=O)[O-])c1ncc(F)cn1. The van der Waals surface area contributed by atoms with Crippen molar-refractivity contribution < 1.29 is 18.1 Å². The van der Waals surface area contributed by atoms with Crippen LogP contribution in [0.25, 0.3) is 0 Å². The molecular weight excluding hydrogens is 291 g/mol. The number of aromatic nitrogens is 3. The van der Waals surface area contributed by atoms with Crippen molar-refractivity contribution in [3.8, 4) is 0 Å². The van der Waals surface area contributed by atoms with Crippen LogP contribution in [0.4, 0.5) is 24.7 Å². The van der Waals surface area contributed by atoms with Crippen LogP contribution in [0.1, 0.15) is 18.8 Å². The molecule has 0 amide bonds. The van der Waals surface area contributed by atoms with E-state index >= 15 is 0 Å². The molecule has 0 radical (unpaired) electrons. The fourth-order valence-electron chi connectivity index (χ4n) is 1.52. The first kappa shape index (κ1) is 14.6. The Bertz CT molecular complexity index is 680. The first-order chi connectivity index (χ1) is 9.88. The van der Waals surface area contributed by atoms with Crippen LogP contribution in [0.15, 0.2) is 18.5 Å². The minimum atomic E-state index is -1.48. The van der Waals surface area contributed by atoms with Crippen molar-refractivity contribution in [1.29, 1.82) is 0 Å². The number of nitro groups is 1. The summed E-state index contributed by atoms with van der Waals surface area (Å²) in [5.41, 5.74) is -0.733. The highest BCUT2D eigenvalue weighted by molar-refractivity contribution is 5.56. The predicted molar refractivity (Wildman–Crippen MR) is 64.8 cm³/mol. The monoisotopic (exact) mass is 299 g/mol. The molecule has 2 rings (SSSR count). The number of pyridine rings is 1. The number of rotatable bonds is 4. The number of anilines is 1. The van der Waals surface area contributed by atoms with Crippen molar-refractivity contribution in [2.75, 3.05) is 5.32 Å². The molecule has 110 valence electrons. The maximum Gasteiger partial charge on any atom is 0.314 e. The topological polar surface area (TPSA) is 93.8 Å². The van der Waals surface area contributed by atoms with E-state index in [0.29, 0.717) is 6.07 Å². The highest BCUT2D eigenvalue weighted by Crippen LogP contribution is 2.26. The Hall–Kier alpha value is -2.78. The average Bonchev–Trinajstić information content (AvgIpc) is 2.43. The summed E-state index contributed by atoms with van der Waals surface area (Å²) in [6.45, 7) is 1.50. The Balaban J connectivity index is 2.32. The molecule has 1 atom stereocenters. The van der Waals surface area contributed by atoms with Crippen LogP contribution in [0.3, 0.4) is 0 Å². The highest BCUT2D eigenvalue weighted by Gasteiger charge is 2.22. The fourth-order valence-corrected chi connectivity index (χ4v) is 1.52. The number of hydrogen-bond acceptors (Lipinski definition) is 6. The van der Waals surface area contributed by atoms with Gasteiger partial charge in [0.25, 0.3) is 5.95 Å². The zero-order valence-corrected chi connectivity index (χ0v) is 10.5. The van der Waals surface area contributed by atoms with Gasteiger partial charge in [0.15, 0.2) is 11.6 Å². The van der Waals surface area contributed by atoms with Crippen molar-refractivity contribution in [2.24, 2.45) is 0 Å². The second kappa shape index (κ2) is 5.69. The molecule has 21 heavy (non-hydrogen) atoms. The van der Waals surface area contributed by atoms with Crippen LogP contribution >= 0.6 is 0 Å². The van der Waals surface area contributed by atoms with E-state index in [9.17, 15) is 23.3 Å². The lowest BCUT2D eigenvalue weighted by Gasteiger charge is -2.13. The van der Waals surface area contributed by atoms with Gasteiger partial charge < -0.3 is 5.32 Å². The Kier molecular flexibility index (Phi) is 3.96. The third-order valence-corrected chi connectivity index (χ3v) is 2.49. The van der Waals surface area contributed by atoms with E-state index < -0.39 is 40.1 Å². The van der Waals surface area contributed by atoms with Gasteiger partial charge in [-0.3, -0.25) is 10.1 Å². The quantitative estimate of drug-likeness (QED) is 0.529. The standard InChI is InChI=1S/C11H8F3N5O2/c1-5(10-15-3-6(12)4-16-10)17-11-8(19(20)21)2-7(13)9(14)18-11/h2-5H,1H3,(H,17,18)/t5-/m0/s1. The summed E-state index contributed by atoms with van der Waals surface area (Å²) in [7, 11) is 0. The lowest BCUT2D eigenvalue weighted by Crippen LogP contribution is -2.14. The van der Waals surface area contributed by atoms with Gasteiger partial charge >= 0.3 is 5.69 Å². The lowest BCUT2D eigenvalue weighted by atomic mass is 10.3. The third kappa shape index (κ3) is 3.22. The van der Waals surface area contributed by atoms with E-state index in [1.54, 1.807) is 0 Å². The summed E-state index contributed by atoms with van der Waals surface area (Å²) in [5, 5.41) is 13.3. The van der Waals surface area contributed by atoms with Gasteiger partial charge in [0.2, 0.25) is 5.82 Å². The normalized spacial score (nSPS) is 12.0. The van der Waals surface area contributed by atoms with Gasteiger partial charge in [0.1, 0.15) is 5.82 Å². The number of hydrogen-bond donors (Lipinski definition) is 1. The van der Waals surface area contributed by atoms with Crippen LogP contribution in [0, 0.1) is 27.7 Å². The number of nitrogens with zero attached hydrogens (tertiary/aromatic N) is 4. The second-order valence-electron chi connectivity index (χ2n) is 4.01. The second-order valence-corrected chi connectivity index (χ2v) is 4.01. The van der Waals surface area contributed by atoms with Crippen LogP contribution in [0.2, 0.25) is 0 Å². The van der Waals surface area contributed by atoms with Crippen molar-refractivity contribution in [1.82, 2.24) is 15.0 Å². The first-order valence-corrected chi connectivity index (χ1v) is 5.63. The van der Waals surface area contributed by atoms with E-state index in [0.717, 1.165) is 12.4 Å². The van der Waals surface area contributed by atoms with Gasteiger partial charge in [-0.05, 0) is 6.92 Å². The van der Waals surface area contributed by atoms with Crippen LogP contribution in [-0.4, -0.2) is 19.9 Å². The van der Waals surface area contributed by atoms with Gasteiger partial charge in [-0.15, -0.1) is 0 Å². The number of halogens is 3. The molecule has 0 fully saturated rings. The Morgan fingerprint density at radius 3 is 2.48 bits per heavy atom. The van der Waals surface area contributed by atoms with Crippen molar-refractivity contribution in [2.45, 2.75) is 13.0 Å². The van der Waals surface area contributed by atoms with Crippen LogP contribution in [-0.2, 0) is 0 Å². The van der Waals surface area contributed by atoms with E-state index in [1.807, 2.05) is 0 Å². The van der Waals surface area contributed by atoms with Gasteiger partial charge in [-0.1, -0.05) is 0 Å². The van der Waals surface area contributed by atoms with Crippen molar-refractivity contribution >= 4 is 11.5 Å². The zero-order chi connectivity index (χ0) is 15.6. The van der Waals surface area contributed by atoms with Gasteiger partial charge in [0.05, 0.1) is 29.4 Å². The minimum Gasteiger partial charge on any atom is -0.355 e. The van der Waals surface area contributed by atoms with Crippen LogP contribution < -0.4 is 5.32 Å². The largest absolute Gasteiger partial charge is 0.355 e. The van der Waals surface area contributed by atoms with Gasteiger partial charge in [-0.25, -0.2) is 18.7 Å². The molecule has 0 spiro atoms. The van der Waals surface area contributed by atoms with E-state index in [2.05, 4.69) is 20.3 Å². The van der Waals surface area contributed by atoms with Gasteiger partial charge in [0, 0.05) is 0 Å². The Labute approximate surface area is 116 Å². The maximum atomic E-state index is 13.1. The van der Waals surface area contributed by atoms with E-state index in [4.69, 9.17) is 0 Å². The lowest BCUT2D eigenvalue weighted by molar-refractivity contribution is -0.384. The highest BCUT2D eigenvalue weighted by atomic mass is 19.2. The summed E-state index contributed by atoms with van der Waals surface area (Å²) < 4.78 is 38.8. The summed E-state index contributed by atoms with van der Waals surface area (Å²) >= 11 is 0. The molecule has 2 aromatic heterocycles. The summed E-state index contributed by atoms with van der Waals surface area (Å²) in [4.78, 5) is 20.4. The predicted octanol–water partition coefficient (Wildman–Crippen LogP) is 2.37. The summed E-state index contributed by atoms with van der Waals surface area (Å²) in [5.74, 6) is -3.92. The maximum absolute atomic E-state index is 13.1. The molecule has 0 unspecified atom stereocenters. The summed E-state index contributed by atoms with van der Waals surface area (Å²) in [6, 6.07) is -0.315. The van der Waals surface area contributed by atoms with Crippen LogP contribution in [0.5, 0.6) is 0 Å². The zero-order valence-electron chi connectivity index (χ0n) is 10.5. The first-order valence-electron chi connectivity index (χ1n) is 5.63. The fraction of sp³-hybridized carbons (Fsp3) is 0.182. The molecule has 2 heterocycles. The third-order valence-electron chi connectivity index (χ3n) is 2.49. The molecule has 0 saturated heterocycles. The Morgan fingerprint density at radius 2 is 1.90 bits per heavy atom.